The molecule has 1 aliphatic rings. The van der Waals surface area contributed by atoms with E-state index >= 15 is 0 Å². The van der Waals surface area contributed by atoms with Crippen LogP contribution in [-0.2, 0) is 4.79 Å². The maximum atomic E-state index is 11.7. The molecule has 1 atom stereocenters. The molecule has 2 heterocycles. The van der Waals surface area contributed by atoms with Gasteiger partial charge in [-0.15, -0.1) is 0 Å². The molecule has 1 saturated heterocycles. The highest BCUT2D eigenvalue weighted by atomic mass is 16.5. The van der Waals surface area contributed by atoms with E-state index in [1.54, 1.807) is 17.2 Å². The van der Waals surface area contributed by atoms with Crippen molar-refractivity contribution in [1.82, 2.24) is 9.97 Å². The Labute approximate surface area is 125 Å². The van der Waals surface area contributed by atoms with E-state index in [0.29, 0.717) is 25.0 Å². The van der Waals surface area contributed by atoms with Crippen molar-refractivity contribution in [2.75, 3.05) is 18.1 Å². The molecule has 1 unspecified atom stereocenters. The van der Waals surface area contributed by atoms with Gasteiger partial charge in [0, 0.05) is 18.8 Å². The lowest BCUT2D eigenvalue weighted by Gasteiger charge is -2.43. The van der Waals surface area contributed by atoms with Crippen LogP contribution in [0.2, 0.25) is 0 Å². The Balaban J connectivity index is 2.28. The van der Waals surface area contributed by atoms with Crippen molar-refractivity contribution in [3.63, 3.8) is 0 Å². The van der Waals surface area contributed by atoms with E-state index in [9.17, 15) is 9.90 Å². The van der Waals surface area contributed by atoms with Crippen LogP contribution in [0.25, 0.3) is 0 Å². The van der Waals surface area contributed by atoms with Gasteiger partial charge in [-0.3, -0.25) is 0 Å². The van der Waals surface area contributed by atoms with E-state index in [0.717, 1.165) is 19.3 Å². The third kappa shape index (κ3) is 3.43. The molecule has 1 aromatic rings. The molecule has 1 aliphatic heterocycles. The first kappa shape index (κ1) is 15.5. The molecule has 0 aliphatic carbocycles. The Bertz CT molecular complexity index is 505. The third-order valence-corrected chi connectivity index (χ3v) is 3.83. The number of aromatic nitrogens is 2. The van der Waals surface area contributed by atoms with E-state index in [-0.39, 0.29) is 5.41 Å². The van der Waals surface area contributed by atoms with Gasteiger partial charge in [-0.25, -0.2) is 9.78 Å². The van der Waals surface area contributed by atoms with Crippen molar-refractivity contribution in [2.45, 2.75) is 46.1 Å². The second kappa shape index (κ2) is 6.28. The SMILES string of the molecule is CCCOc1ccnc(N2CCCC(C)(C)C2C(=O)O)n1. The van der Waals surface area contributed by atoms with E-state index in [2.05, 4.69) is 9.97 Å². The van der Waals surface area contributed by atoms with Crippen LogP contribution in [0.3, 0.4) is 0 Å². The lowest BCUT2D eigenvalue weighted by Crippen LogP contribution is -2.55. The van der Waals surface area contributed by atoms with Crippen LogP contribution in [0, 0.1) is 5.41 Å². The fourth-order valence-electron chi connectivity index (χ4n) is 2.83. The van der Waals surface area contributed by atoms with Crippen LogP contribution >= 0.6 is 0 Å². The Morgan fingerprint density at radius 1 is 1.57 bits per heavy atom. The number of nitrogens with zero attached hydrogens (tertiary/aromatic N) is 3. The number of carboxylic acid groups (broad SMARTS) is 1. The topological polar surface area (TPSA) is 75.5 Å². The van der Waals surface area contributed by atoms with Crippen LogP contribution < -0.4 is 9.64 Å². The fourth-order valence-corrected chi connectivity index (χ4v) is 2.83. The fraction of sp³-hybridized carbons (Fsp3) is 0.667. The molecular weight excluding hydrogens is 270 g/mol. The maximum absolute atomic E-state index is 11.7. The minimum Gasteiger partial charge on any atom is -0.480 e. The Morgan fingerprint density at radius 3 is 3.00 bits per heavy atom. The first-order valence-electron chi connectivity index (χ1n) is 7.41. The van der Waals surface area contributed by atoms with Crippen molar-refractivity contribution >= 4 is 11.9 Å². The first-order chi connectivity index (χ1) is 9.95. The Kier molecular flexibility index (Phi) is 4.65. The summed E-state index contributed by atoms with van der Waals surface area (Å²) in [7, 11) is 0. The van der Waals surface area contributed by atoms with E-state index in [1.807, 2.05) is 20.8 Å². The lowest BCUT2D eigenvalue weighted by molar-refractivity contribution is -0.142. The minimum atomic E-state index is -0.830. The second-order valence-corrected chi connectivity index (χ2v) is 6.07. The van der Waals surface area contributed by atoms with Gasteiger partial charge >= 0.3 is 5.97 Å². The van der Waals surface area contributed by atoms with E-state index in [4.69, 9.17) is 4.74 Å². The van der Waals surface area contributed by atoms with Gasteiger partial charge in [-0.05, 0) is 24.7 Å². The van der Waals surface area contributed by atoms with Gasteiger partial charge in [0.2, 0.25) is 11.8 Å². The van der Waals surface area contributed by atoms with Crippen LogP contribution in [0.5, 0.6) is 5.88 Å². The highest BCUT2D eigenvalue weighted by molar-refractivity contribution is 5.78. The molecule has 0 saturated carbocycles. The summed E-state index contributed by atoms with van der Waals surface area (Å²) >= 11 is 0. The Hall–Kier alpha value is -1.85. The molecule has 6 heteroatoms. The summed E-state index contributed by atoms with van der Waals surface area (Å²) < 4.78 is 5.51. The van der Waals surface area contributed by atoms with Crippen molar-refractivity contribution in [3.05, 3.63) is 12.3 Å². The highest BCUT2D eigenvalue weighted by Crippen LogP contribution is 2.37. The van der Waals surface area contributed by atoms with Crippen molar-refractivity contribution in [2.24, 2.45) is 5.41 Å². The summed E-state index contributed by atoms with van der Waals surface area (Å²) in [5, 5.41) is 9.59. The standard InChI is InChI=1S/C15H23N3O3/c1-4-10-21-11-6-8-16-14(17-11)18-9-5-7-15(2,3)12(18)13(19)20/h6,8,12H,4-5,7,9-10H2,1-3H3,(H,19,20). The number of carboxylic acids is 1. The van der Waals surface area contributed by atoms with Crippen LogP contribution in [0.1, 0.15) is 40.0 Å². The largest absolute Gasteiger partial charge is 0.480 e. The Morgan fingerprint density at radius 2 is 2.33 bits per heavy atom. The number of piperidine rings is 1. The number of rotatable bonds is 5. The summed E-state index contributed by atoms with van der Waals surface area (Å²) in [5.41, 5.74) is -0.312. The lowest BCUT2D eigenvalue weighted by atomic mass is 9.76. The zero-order chi connectivity index (χ0) is 15.5. The number of aliphatic carboxylic acids is 1. The molecular formula is C15H23N3O3. The van der Waals surface area contributed by atoms with Gasteiger partial charge in [-0.1, -0.05) is 20.8 Å². The van der Waals surface area contributed by atoms with Gasteiger partial charge in [0.05, 0.1) is 6.61 Å². The van der Waals surface area contributed by atoms with E-state index in [1.165, 1.54) is 0 Å². The monoisotopic (exact) mass is 293 g/mol. The molecule has 1 N–H and O–H groups in total. The number of hydrogen-bond acceptors (Lipinski definition) is 5. The predicted octanol–water partition coefficient (Wildman–Crippen LogP) is 2.34. The predicted molar refractivity (Wildman–Crippen MR) is 79.6 cm³/mol. The molecule has 0 amide bonds. The quantitative estimate of drug-likeness (QED) is 0.898. The van der Waals surface area contributed by atoms with Gasteiger partial charge in [0.1, 0.15) is 6.04 Å². The van der Waals surface area contributed by atoms with Gasteiger partial charge in [-0.2, -0.15) is 4.98 Å². The van der Waals surface area contributed by atoms with Crippen molar-refractivity contribution in [1.29, 1.82) is 0 Å². The molecule has 1 fully saturated rings. The molecule has 0 bridgehead atoms. The summed E-state index contributed by atoms with van der Waals surface area (Å²) in [6.07, 6.45) is 4.33. The van der Waals surface area contributed by atoms with Crippen molar-refractivity contribution in [3.8, 4) is 5.88 Å². The molecule has 0 aromatic carbocycles. The maximum Gasteiger partial charge on any atom is 0.326 e. The normalized spacial score (nSPS) is 21.1. The van der Waals surface area contributed by atoms with Crippen LogP contribution in [0.4, 0.5) is 5.95 Å². The summed E-state index contributed by atoms with van der Waals surface area (Å²) in [4.78, 5) is 22.1. The molecule has 116 valence electrons. The number of carbonyl (C=O) groups is 1. The first-order valence-corrected chi connectivity index (χ1v) is 7.41. The van der Waals surface area contributed by atoms with Crippen LogP contribution in [-0.4, -0.2) is 40.2 Å². The molecule has 0 spiro atoms. The molecule has 21 heavy (non-hydrogen) atoms. The molecule has 6 nitrogen and oxygen atoms in total. The number of anilines is 1. The smallest absolute Gasteiger partial charge is 0.326 e. The zero-order valence-corrected chi connectivity index (χ0v) is 12.9. The second-order valence-electron chi connectivity index (χ2n) is 6.07. The van der Waals surface area contributed by atoms with Gasteiger partial charge in [0.25, 0.3) is 0 Å². The molecule has 0 radical (unpaired) electrons. The average Bonchev–Trinajstić information content (AvgIpc) is 2.43. The summed E-state index contributed by atoms with van der Waals surface area (Å²) in [6.45, 7) is 7.22. The minimum absolute atomic E-state index is 0.312. The number of hydrogen-bond donors (Lipinski definition) is 1. The van der Waals surface area contributed by atoms with Gasteiger partial charge < -0.3 is 14.7 Å². The summed E-state index contributed by atoms with van der Waals surface area (Å²) in [5.74, 6) is 0.0985. The molecule has 2 rings (SSSR count). The van der Waals surface area contributed by atoms with Gasteiger partial charge in [0.15, 0.2) is 0 Å². The average molecular weight is 293 g/mol. The zero-order valence-electron chi connectivity index (χ0n) is 12.9. The number of ether oxygens (including phenoxy) is 1. The van der Waals surface area contributed by atoms with Crippen molar-refractivity contribution < 1.29 is 14.6 Å². The third-order valence-electron chi connectivity index (χ3n) is 3.83. The molecule has 1 aromatic heterocycles. The van der Waals surface area contributed by atoms with Crippen LogP contribution in [0.15, 0.2) is 12.3 Å². The summed E-state index contributed by atoms with van der Waals surface area (Å²) in [6, 6.07) is 1.08. The van der Waals surface area contributed by atoms with E-state index < -0.39 is 12.0 Å². The highest BCUT2D eigenvalue weighted by Gasteiger charge is 2.43.